The minimum atomic E-state index is -0.0661. The maximum Gasteiger partial charge on any atom is 0.157 e. The molecule has 0 saturated heterocycles. The second-order valence-corrected chi connectivity index (χ2v) is 4.01. The van der Waals surface area contributed by atoms with Gasteiger partial charge in [0.1, 0.15) is 0 Å². The van der Waals surface area contributed by atoms with Gasteiger partial charge in [0.15, 0.2) is 6.29 Å². The normalized spacial score (nSPS) is 11.3. The Hall–Kier alpha value is -0.160. The summed E-state index contributed by atoms with van der Waals surface area (Å²) in [5, 5.41) is 0. The van der Waals surface area contributed by atoms with Crippen LogP contribution in [0.3, 0.4) is 0 Å². The second kappa shape index (κ2) is 13.9. The zero-order valence-electron chi connectivity index (χ0n) is 11.6. The highest BCUT2D eigenvalue weighted by atomic mass is 16.7. The highest BCUT2D eigenvalue weighted by molar-refractivity contribution is 4.47. The molecule has 4 heteroatoms. The lowest BCUT2D eigenvalue weighted by molar-refractivity contribution is -0.150. The average molecular weight is 248 g/mol. The zero-order chi connectivity index (χ0) is 12.8. The molecule has 0 amide bonds. The van der Waals surface area contributed by atoms with E-state index in [0.29, 0.717) is 13.2 Å². The van der Waals surface area contributed by atoms with Crippen molar-refractivity contribution in [2.45, 2.75) is 45.3 Å². The quantitative estimate of drug-likeness (QED) is 0.371. The van der Waals surface area contributed by atoms with E-state index in [1.807, 2.05) is 0 Å². The first-order chi connectivity index (χ1) is 8.35. The van der Waals surface area contributed by atoms with E-state index in [0.717, 1.165) is 38.9 Å². The molecule has 0 atom stereocenters. The molecule has 0 N–H and O–H groups in total. The van der Waals surface area contributed by atoms with Crippen molar-refractivity contribution in [1.82, 2.24) is 0 Å². The maximum absolute atomic E-state index is 5.68. The van der Waals surface area contributed by atoms with Gasteiger partial charge in [0.05, 0.1) is 13.2 Å². The van der Waals surface area contributed by atoms with E-state index in [1.165, 1.54) is 6.42 Å². The van der Waals surface area contributed by atoms with Crippen molar-refractivity contribution in [3.63, 3.8) is 0 Å². The standard InChI is InChI=1S/C13H28O4/c1-4-5-8-13(16-11-6-9-14-2)17-12-7-10-15-3/h13H,4-12H2,1-3H3. The van der Waals surface area contributed by atoms with Gasteiger partial charge < -0.3 is 18.9 Å². The van der Waals surface area contributed by atoms with Crippen LogP contribution >= 0.6 is 0 Å². The van der Waals surface area contributed by atoms with Crippen molar-refractivity contribution in [3.8, 4) is 0 Å². The Kier molecular flexibility index (Phi) is 13.8. The van der Waals surface area contributed by atoms with Crippen LogP contribution in [-0.4, -0.2) is 46.9 Å². The van der Waals surface area contributed by atoms with Crippen molar-refractivity contribution in [1.29, 1.82) is 0 Å². The Morgan fingerprint density at radius 2 is 1.29 bits per heavy atom. The Morgan fingerprint density at radius 1 is 0.765 bits per heavy atom. The smallest absolute Gasteiger partial charge is 0.157 e. The summed E-state index contributed by atoms with van der Waals surface area (Å²) in [4.78, 5) is 0. The van der Waals surface area contributed by atoms with E-state index < -0.39 is 0 Å². The van der Waals surface area contributed by atoms with E-state index in [9.17, 15) is 0 Å². The third-order valence-corrected chi connectivity index (χ3v) is 2.39. The van der Waals surface area contributed by atoms with Crippen molar-refractivity contribution >= 4 is 0 Å². The Bertz CT molecular complexity index is 129. The molecule has 0 heterocycles. The van der Waals surface area contributed by atoms with E-state index in [1.54, 1.807) is 14.2 Å². The molecule has 0 radical (unpaired) electrons. The first kappa shape index (κ1) is 16.8. The molecule has 0 aliphatic carbocycles. The van der Waals surface area contributed by atoms with Gasteiger partial charge >= 0.3 is 0 Å². The number of hydrogen-bond acceptors (Lipinski definition) is 4. The van der Waals surface area contributed by atoms with Gasteiger partial charge in [-0.1, -0.05) is 13.3 Å². The third kappa shape index (κ3) is 12.1. The molecule has 0 aliphatic heterocycles. The summed E-state index contributed by atoms with van der Waals surface area (Å²) < 4.78 is 21.3. The van der Waals surface area contributed by atoms with E-state index in [2.05, 4.69) is 6.92 Å². The molecule has 0 aromatic carbocycles. The largest absolute Gasteiger partial charge is 0.385 e. The molecular weight excluding hydrogens is 220 g/mol. The zero-order valence-corrected chi connectivity index (χ0v) is 11.6. The molecule has 0 unspecified atom stereocenters. The maximum atomic E-state index is 5.68. The predicted molar refractivity (Wildman–Crippen MR) is 68.2 cm³/mol. The summed E-state index contributed by atoms with van der Waals surface area (Å²) in [7, 11) is 3.41. The van der Waals surface area contributed by atoms with Crippen LogP contribution in [0.15, 0.2) is 0 Å². The summed E-state index contributed by atoms with van der Waals surface area (Å²) >= 11 is 0. The molecule has 17 heavy (non-hydrogen) atoms. The third-order valence-electron chi connectivity index (χ3n) is 2.39. The topological polar surface area (TPSA) is 36.9 Å². The second-order valence-electron chi connectivity index (χ2n) is 4.01. The van der Waals surface area contributed by atoms with E-state index >= 15 is 0 Å². The van der Waals surface area contributed by atoms with Crippen LogP contribution in [0, 0.1) is 0 Å². The van der Waals surface area contributed by atoms with E-state index in [4.69, 9.17) is 18.9 Å². The summed E-state index contributed by atoms with van der Waals surface area (Å²) in [5.74, 6) is 0. The molecule has 0 rings (SSSR count). The van der Waals surface area contributed by atoms with Crippen LogP contribution in [0.2, 0.25) is 0 Å². The van der Waals surface area contributed by atoms with Gasteiger partial charge in [-0.3, -0.25) is 0 Å². The van der Waals surface area contributed by atoms with Gasteiger partial charge in [0.2, 0.25) is 0 Å². The van der Waals surface area contributed by atoms with Crippen LogP contribution in [0.25, 0.3) is 0 Å². The molecular formula is C13H28O4. The van der Waals surface area contributed by atoms with Gasteiger partial charge in [0.25, 0.3) is 0 Å². The lowest BCUT2D eigenvalue weighted by Gasteiger charge is -2.18. The SMILES string of the molecule is CCCCC(OCCCOC)OCCCOC. The fraction of sp³-hybridized carbons (Fsp3) is 1.00. The van der Waals surface area contributed by atoms with Crippen LogP contribution in [0.4, 0.5) is 0 Å². The number of hydrogen-bond donors (Lipinski definition) is 0. The highest BCUT2D eigenvalue weighted by Crippen LogP contribution is 2.07. The minimum Gasteiger partial charge on any atom is -0.385 e. The van der Waals surface area contributed by atoms with Crippen LogP contribution in [-0.2, 0) is 18.9 Å². The fourth-order valence-electron chi connectivity index (χ4n) is 1.42. The fourth-order valence-corrected chi connectivity index (χ4v) is 1.42. The Balaban J connectivity index is 3.56. The van der Waals surface area contributed by atoms with Crippen molar-refractivity contribution in [2.24, 2.45) is 0 Å². The number of methoxy groups -OCH3 is 2. The first-order valence-corrected chi connectivity index (χ1v) is 6.56. The first-order valence-electron chi connectivity index (χ1n) is 6.56. The number of rotatable bonds is 13. The summed E-state index contributed by atoms with van der Waals surface area (Å²) in [6.07, 6.45) is 5.04. The predicted octanol–water partition coefficient (Wildman–Crippen LogP) is 2.61. The lowest BCUT2D eigenvalue weighted by Crippen LogP contribution is -2.19. The molecule has 0 aliphatic rings. The van der Waals surface area contributed by atoms with Gasteiger partial charge in [0, 0.05) is 27.4 Å². The summed E-state index contributed by atoms with van der Waals surface area (Å²) in [5.41, 5.74) is 0. The van der Waals surface area contributed by atoms with E-state index in [-0.39, 0.29) is 6.29 Å². The van der Waals surface area contributed by atoms with Gasteiger partial charge in [-0.15, -0.1) is 0 Å². The molecule has 0 aromatic heterocycles. The van der Waals surface area contributed by atoms with Gasteiger partial charge in [-0.05, 0) is 25.7 Å². The lowest BCUT2D eigenvalue weighted by atomic mass is 10.2. The summed E-state index contributed by atoms with van der Waals surface area (Å²) in [6, 6.07) is 0. The van der Waals surface area contributed by atoms with Gasteiger partial charge in [-0.2, -0.15) is 0 Å². The highest BCUT2D eigenvalue weighted by Gasteiger charge is 2.08. The molecule has 104 valence electrons. The van der Waals surface area contributed by atoms with Crippen LogP contribution in [0.1, 0.15) is 39.0 Å². The van der Waals surface area contributed by atoms with Gasteiger partial charge in [-0.25, -0.2) is 0 Å². The van der Waals surface area contributed by atoms with Crippen molar-refractivity contribution in [2.75, 3.05) is 40.6 Å². The van der Waals surface area contributed by atoms with Crippen LogP contribution < -0.4 is 0 Å². The molecule has 0 spiro atoms. The molecule has 0 fully saturated rings. The summed E-state index contributed by atoms with van der Waals surface area (Å²) in [6.45, 7) is 5.06. The number of unbranched alkanes of at least 4 members (excludes halogenated alkanes) is 1. The molecule has 0 saturated carbocycles. The minimum absolute atomic E-state index is 0.0661. The van der Waals surface area contributed by atoms with Crippen LogP contribution in [0.5, 0.6) is 0 Å². The monoisotopic (exact) mass is 248 g/mol. The van der Waals surface area contributed by atoms with Crippen molar-refractivity contribution in [3.05, 3.63) is 0 Å². The van der Waals surface area contributed by atoms with Crippen molar-refractivity contribution < 1.29 is 18.9 Å². The average Bonchev–Trinajstić information content (AvgIpc) is 2.35. The Labute approximate surface area is 106 Å². The molecule has 4 nitrogen and oxygen atoms in total. The molecule has 0 aromatic rings. The molecule has 0 bridgehead atoms. The Morgan fingerprint density at radius 3 is 1.71 bits per heavy atom. The number of ether oxygens (including phenoxy) is 4.